The van der Waals surface area contributed by atoms with Crippen LogP contribution in [-0.2, 0) is 0 Å². The topological polar surface area (TPSA) is 83.8 Å². The number of carbonyl (C=O) groups is 1. The lowest BCUT2D eigenvalue weighted by Gasteiger charge is -2.25. The van der Waals surface area contributed by atoms with E-state index in [9.17, 15) is 9.59 Å². The fraction of sp³-hybridized carbons (Fsp3) is 0.524. The number of amides is 1. The van der Waals surface area contributed by atoms with E-state index < -0.39 is 6.09 Å². The van der Waals surface area contributed by atoms with Gasteiger partial charge in [0.2, 0.25) is 0 Å². The molecule has 0 spiro atoms. The first-order valence-electron chi connectivity index (χ1n) is 9.88. The molecule has 1 aliphatic heterocycles. The maximum absolute atomic E-state index is 12.9. The molecule has 7 nitrogen and oxygen atoms in total. The SMILES string of the molecule is COc1cc2ccc(N3CCC([C@H](C)NC(=O)O)C3)c(C)c2n(C2CC2)c1=O. The van der Waals surface area contributed by atoms with Crippen molar-refractivity contribution in [2.75, 3.05) is 25.1 Å². The third-order valence-electron chi connectivity index (χ3n) is 6.15. The van der Waals surface area contributed by atoms with Crippen LogP contribution in [0.3, 0.4) is 0 Å². The Morgan fingerprint density at radius 3 is 2.71 bits per heavy atom. The lowest BCUT2D eigenvalue weighted by molar-refractivity contribution is 0.186. The summed E-state index contributed by atoms with van der Waals surface area (Å²) < 4.78 is 7.23. The van der Waals surface area contributed by atoms with Gasteiger partial charge in [0.05, 0.1) is 12.6 Å². The molecular weight excluding hydrogens is 358 g/mol. The Morgan fingerprint density at radius 1 is 1.32 bits per heavy atom. The molecule has 28 heavy (non-hydrogen) atoms. The molecule has 7 heteroatoms. The third-order valence-corrected chi connectivity index (χ3v) is 6.15. The van der Waals surface area contributed by atoms with Crippen molar-refractivity contribution in [2.45, 2.75) is 45.2 Å². The number of hydrogen-bond donors (Lipinski definition) is 2. The minimum absolute atomic E-state index is 0.0590. The summed E-state index contributed by atoms with van der Waals surface area (Å²) >= 11 is 0. The molecule has 2 N–H and O–H groups in total. The zero-order valence-corrected chi connectivity index (χ0v) is 16.6. The molecule has 0 radical (unpaired) electrons. The van der Waals surface area contributed by atoms with Crippen molar-refractivity contribution in [1.82, 2.24) is 9.88 Å². The number of carboxylic acid groups (broad SMARTS) is 1. The number of aryl methyl sites for hydroxylation is 1. The van der Waals surface area contributed by atoms with Gasteiger partial charge in [0.1, 0.15) is 0 Å². The Hall–Kier alpha value is -2.70. The second-order valence-corrected chi connectivity index (χ2v) is 8.00. The normalized spacial score (nSPS) is 20.4. The number of methoxy groups -OCH3 is 1. The third kappa shape index (κ3) is 3.19. The number of anilines is 1. The molecule has 2 aliphatic rings. The van der Waals surface area contributed by atoms with E-state index in [0.717, 1.165) is 54.5 Å². The fourth-order valence-corrected chi connectivity index (χ4v) is 4.47. The summed E-state index contributed by atoms with van der Waals surface area (Å²) in [6.07, 6.45) is 2.01. The van der Waals surface area contributed by atoms with E-state index in [-0.39, 0.29) is 23.6 Å². The number of benzene rings is 1. The maximum Gasteiger partial charge on any atom is 0.404 e. The van der Waals surface area contributed by atoms with Crippen LogP contribution in [0.25, 0.3) is 10.9 Å². The second kappa shape index (κ2) is 7.04. The molecule has 2 fully saturated rings. The van der Waals surface area contributed by atoms with E-state index >= 15 is 0 Å². The van der Waals surface area contributed by atoms with Crippen LogP contribution in [0.15, 0.2) is 23.0 Å². The summed E-state index contributed by atoms with van der Waals surface area (Å²) in [6.45, 7) is 5.69. The molecule has 1 saturated carbocycles. The lowest BCUT2D eigenvalue weighted by atomic mass is 10.0. The molecule has 1 amide bonds. The van der Waals surface area contributed by atoms with Gasteiger partial charge in [0.25, 0.3) is 5.56 Å². The number of fused-ring (bicyclic) bond motifs is 1. The first-order chi connectivity index (χ1) is 13.4. The minimum Gasteiger partial charge on any atom is -0.491 e. The van der Waals surface area contributed by atoms with Crippen molar-refractivity contribution in [3.63, 3.8) is 0 Å². The number of nitrogens with one attached hydrogen (secondary N) is 1. The zero-order valence-electron chi connectivity index (χ0n) is 16.6. The van der Waals surface area contributed by atoms with Crippen LogP contribution in [-0.4, -0.2) is 42.0 Å². The first-order valence-corrected chi connectivity index (χ1v) is 9.88. The van der Waals surface area contributed by atoms with Gasteiger partial charge in [-0.3, -0.25) is 4.79 Å². The first kappa shape index (κ1) is 18.7. The van der Waals surface area contributed by atoms with E-state index in [4.69, 9.17) is 9.84 Å². The molecule has 2 heterocycles. The predicted octanol–water partition coefficient (Wildman–Crippen LogP) is 3.14. The van der Waals surface area contributed by atoms with Crippen molar-refractivity contribution in [3.05, 3.63) is 34.1 Å². The van der Waals surface area contributed by atoms with E-state index in [1.54, 1.807) is 0 Å². The highest BCUT2D eigenvalue weighted by Crippen LogP contribution is 2.40. The van der Waals surface area contributed by atoms with Crippen molar-refractivity contribution < 1.29 is 14.6 Å². The fourth-order valence-electron chi connectivity index (χ4n) is 4.47. The standard InChI is InChI=1S/C21H27N3O4/c1-12-17(23-9-8-15(11-23)13(2)22-21(26)27)7-4-14-10-18(28-3)20(25)24(19(12)14)16-5-6-16/h4,7,10,13,15-16,22H,5-6,8-9,11H2,1-3H3,(H,26,27)/t13-,15?/m0/s1. The van der Waals surface area contributed by atoms with Crippen LogP contribution in [0, 0.1) is 12.8 Å². The summed E-state index contributed by atoms with van der Waals surface area (Å²) in [7, 11) is 1.54. The van der Waals surface area contributed by atoms with Crippen LogP contribution in [0.2, 0.25) is 0 Å². The Kier molecular flexibility index (Phi) is 4.69. The van der Waals surface area contributed by atoms with Gasteiger partial charge in [-0.1, -0.05) is 6.07 Å². The predicted molar refractivity (Wildman–Crippen MR) is 109 cm³/mol. The average Bonchev–Trinajstić information content (AvgIpc) is 3.37. The Bertz CT molecular complexity index is 980. The minimum atomic E-state index is -0.977. The second-order valence-electron chi connectivity index (χ2n) is 8.00. The highest BCUT2D eigenvalue weighted by atomic mass is 16.5. The molecule has 2 aromatic rings. The molecule has 2 atom stereocenters. The van der Waals surface area contributed by atoms with E-state index in [1.165, 1.54) is 7.11 Å². The van der Waals surface area contributed by atoms with Gasteiger partial charge >= 0.3 is 6.09 Å². The van der Waals surface area contributed by atoms with Crippen LogP contribution >= 0.6 is 0 Å². The van der Waals surface area contributed by atoms with Gasteiger partial charge in [-0.05, 0) is 56.7 Å². The summed E-state index contributed by atoms with van der Waals surface area (Å²) in [5, 5.41) is 12.6. The van der Waals surface area contributed by atoms with Crippen LogP contribution in [0.1, 0.15) is 37.8 Å². The highest BCUT2D eigenvalue weighted by molar-refractivity contribution is 5.88. The van der Waals surface area contributed by atoms with E-state index in [0.29, 0.717) is 5.75 Å². The molecule has 1 saturated heterocycles. The maximum atomic E-state index is 12.9. The van der Waals surface area contributed by atoms with Crippen LogP contribution < -0.4 is 20.5 Å². The van der Waals surface area contributed by atoms with Gasteiger partial charge in [-0.15, -0.1) is 0 Å². The van der Waals surface area contributed by atoms with Crippen molar-refractivity contribution in [1.29, 1.82) is 0 Å². The molecule has 0 bridgehead atoms. The number of nitrogens with zero attached hydrogens (tertiary/aromatic N) is 2. The summed E-state index contributed by atoms with van der Waals surface area (Å²) in [5.41, 5.74) is 3.16. The number of pyridine rings is 1. The molecule has 1 aromatic carbocycles. The average molecular weight is 385 g/mol. The van der Waals surface area contributed by atoms with E-state index in [2.05, 4.69) is 29.3 Å². The van der Waals surface area contributed by atoms with Crippen molar-refractivity contribution >= 4 is 22.7 Å². The van der Waals surface area contributed by atoms with Crippen LogP contribution in [0.5, 0.6) is 5.75 Å². The summed E-state index contributed by atoms with van der Waals surface area (Å²) in [4.78, 5) is 26.1. The number of aromatic nitrogens is 1. The lowest BCUT2D eigenvalue weighted by Crippen LogP contribution is -2.38. The molecular formula is C21H27N3O4. The van der Waals surface area contributed by atoms with Gasteiger partial charge in [-0.25, -0.2) is 4.79 Å². The Balaban J connectivity index is 1.72. The smallest absolute Gasteiger partial charge is 0.404 e. The van der Waals surface area contributed by atoms with E-state index in [1.807, 2.05) is 17.6 Å². The van der Waals surface area contributed by atoms with Crippen LogP contribution in [0.4, 0.5) is 10.5 Å². The Morgan fingerprint density at radius 2 is 2.07 bits per heavy atom. The zero-order chi connectivity index (χ0) is 20.0. The molecule has 150 valence electrons. The number of hydrogen-bond acceptors (Lipinski definition) is 4. The van der Waals surface area contributed by atoms with Gasteiger partial charge in [0.15, 0.2) is 5.75 Å². The molecule has 1 aliphatic carbocycles. The van der Waals surface area contributed by atoms with Crippen molar-refractivity contribution in [2.24, 2.45) is 5.92 Å². The number of ether oxygens (including phenoxy) is 1. The molecule has 4 rings (SSSR count). The molecule has 1 unspecified atom stereocenters. The van der Waals surface area contributed by atoms with Gasteiger partial charge in [-0.2, -0.15) is 0 Å². The highest BCUT2D eigenvalue weighted by Gasteiger charge is 2.31. The van der Waals surface area contributed by atoms with Crippen molar-refractivity contribution in [3.8, 4) is 5.75 Å². The summed E-state index contributed by atoms with van der Waals surface area (Å²) in [6, 6.07) is 6.17. The Labute approximate surface area is 163 Å². The largest absolute Gasteiger partial charge is 0.491 e. The number of rotatable bonds is 5. The van der Waals surface area contributed by atoms with Gasteiger partial charge in [0, 0.05) is 36.2 Å². The summed E-state index contributed by atoms with van der Waals surface area (Å²) in [5.74, 6) is 0.661. The molecule has 1 aromatic heterocycles. The van der Waals surface area contributed by atoms with Gasteiger partial charge < -0.3 is 24.6 Å². The monoisotopic (exact) mass is 385 g/mol. The quantitative estimate of drug-likeness (QED) is 0.826.